The molecule has 0 unspecified atom stereocenters. The number of anilines is 1. The van der Waals surface area contributed by atoms with E-state index in [-0.39, 0.29) is 11.3 Å². The number of benzene rings is 4. The highest BCUT2D eigenvalue weighted by molar-refractivity contribution is 6.39. The summed E-state index contributed by atoms with van der Waals surface area (Å²) in [5.74, 6) is -0.0595. The lowest BCUT2D eigenvalue weighted by Gasteiger charge is -2.26. The molecule has 41 heavy (non-hydrogen) atoms. The van der Waals surface area contributed by atoms with E-state index in [1.807, 2.05) is 42.5 Å². The van der Waals surface area contributed by atoms with Crippen molar-refractivity contribution >= 4 is 41.2 Å². The summed E-state index contributed by atoms with van der Waals surface area (Å²) in [6.45, 7) is 0.668. The quantitative estimate of drug-likeness (QED) is 0.192. The van der Waals surface area contributed by atoms with Crippen LogP contribution in [0.4, 0.5) is 10.5 Å². The summed E-state index contributed by atoms with van der Waals surface area (Å²) in [5.41, 5.74) is 2.54. The van der Waals surface area contributed by atoms with Crippen molar-refractivity contribution in [2.24, 2.45) is 0 Å². The van der Waals surface area contributed by atoms with Crippen molar-refractivity contribution in [3.63, 3.8) is 0 Å². The van der Waals surface area contributed by atoms with Crippen LogP contribution in [0.15, 0.2) is 103 Å². The summed E-state index contributed by atoms with van der Waals surface area (Å²) < 4.78 is 17.1. The first-order valence-corrected chi connectivity index (χ1v) is 13.0. The Bertz CT molecular complexity index is 1600. The highest BCUT2D eigenvalue weighted by atomic mass is 35.5. The van der Waals surface area contributed by atoms with Gasteiger partial charge >= 0.3 is 6.03 Å². The van der Waals surface area contributed by atoms with E-state index in [2.05, 4.69) is 5.32 Å². The van der Waals surface area contributed by atoms with Gasteiger partial charge < -0.3 is 14.2 Å². The molecule has 9 heteroatoms. The molecule has 1 aliphatic heterocycles. The Balaban J connectivity index is 1.31. The Labute approximate surface area is 241 Å². The Morgan fingerprint density at radius 3 is 2.17 bits per heavy atom. The Kier molecular flexibility index (Phi) is 8.31. The van der Waals surface area contributed by atoms with E-state index in [0.717, 1.165) is 16.0 Å². The third-order valence-corrected chi connectivity index (χ3v) is 6.50. The summed E-state index contributed by atoms with van der Waals surface area (Å²) in [5, 5.41) is 2.87. The molecule has 206 valence electrons. The lowest BCUT2D eigenvalue weighted by Crippen LogP contribution is -2.54. The molecular formula is C32H25ClN2O6. The molecule has 1 aliphatic rings. The molecule has 0 spiro atoms. The predicted octanol–water partition coefficient (Wildman–Crippen LogP) is 6.17. The van der Waals surface area contributed by atoms with Crippen molar-refractivity contribution in [1.29, 1.82) is 0 Å². The fourth-order valence-corrected chi connectivity index (χ4v) is 4.25. The number of imide groups is 2. The Morgan fingerprint density at radius 2 is 1.46 bits per heavy atom. The molecular weight excluding hydrogens is 544 g/mol. The zero-order valence-corrected chi connectivity index (χ0v) is 22.8. The van der Waals surface area contributed by atoms with E-state index in [4.69, 9.17) is 25.8 Å². The van der Waals surface area contributed by atoms with Gasteiger partial charge in [0.25, 0.3) is 11.8 Å². The van der Waals surface area contributed by atoms with Crippen molar-refractivity contribution in [3.8, 4) is 17.2 Å². The monoisotopic (exact) mass is 568 g/mol. The molecule has 0 aliphatic carbocycles. The number of carbonyl (C=O) groups excluding carboxylic acids is 3. The molecule has 8 nitrogen and oxygen atoms in total. The van der Waals surface area contributed by atoms with Crippen LogP contribution in [0.5, 0.6) is 17.2 Å². The molecule has 0 radical (unpaired) electrons. The number of nitrogens with one attached hydrogen (secondary N) is 1. The number of halogens is 1. The van der Waals surface area contributed by atoms with Crippen molar-refractivity contribution in [2.45, 2.75) is 13.2 Å². The van der Waals surface area contributed by atoms with Gasteiger partial charge in [0.1, 0.15) is 24.5 Å². The van der Waals surface area contributed by atoms with Crippen molar-refractivity contribution in [3.05, 3.63) is 124 Å². The van der Waals surface area contributed by atoms with Gasteiger partial charge in [0, 0.05) is 5.02 Å². The van der Waals surface area contributed by atoms with Crippen LogP contribution in [0.1, 0.15) is 16.7 Å². The van der Waals surface area contributed by atoms with Crippen molar-refractivity contribution in [1.82, 2.24) is 5.32 Å². The summed E-state index contributed by atoms with van der Waals surface area (Å²) >= 11 is 5.92. The molecule has 0 bridgehead atoms. The maximum absolute atomic E-state index is 13.3. The van der Waals surface area contributed by atoms with Crippen LogP contribution in [-0.4, -0.2) is 25.0 Å². The number of barbiturate groups is 1. The fourth-order valence-electron chi connectivity index (χ4n) is 4.13. The minimum atomic E-state index is -0.839. The fraction of sp³-hybridized carbons (Fsp3) is 0.0938. The minimum Gasteiger partial charge on any atom is -0.493 e. The first-order chi connectivity index (χ1) is 19.9. The van der Waals surface area contributed by atoms with Gasteiger partial charge in [0.15, 0.2) is 11.5 Å². The summed E-state index contributed by atoms with van der Waals surface area (Å²) in [6.07, 6.45) is 1.41. The van der Waals surface area contributed by atoms with Crippen molar-refractivity contribution < 1.29 is 28.6 Å². The van der Waals surface area contributed by atoms with Crippen LogP contribution in [-0.2, 0) is 22.8 Å². The molecule has 1 N–H and O–H groups in total. The highest BCUT2D eigenvalue weighted by Gasteiger charge is 2.36. The van der Waals surface area contributed by atoms with E-state index in [9.17, 15) is 14.4 Å². The summed E-state index contributed by atoms with van der Waals surface area (Å²) in [6, 6.07) is 27.6. The third kappa shape index (κ3) is 6.57. The van der Waals surface area contributed by atoms with Gasteiger partial charge in [-0.15, -0.1) is 0 Å². The molecule has 4 aromatic carbocycles. The van der Waals surface area contributed by atoms with Crippen molar-refractivity contribution in [2.75, 3.05) is 12.0 Å². The number of urea groups is 1. The molecule has 4 amide bonds. The normalized spacial score (nSPS) is 14.1. The second-order valence-corrected chi connectivity index (χ2v) is 9.49. The van der Waals surface area contributed by atoms with E-state index in [1.165, 1.54) is 13.2 Å². The topological polar surface area (TPSA) is 94.2 Å². The van der Waals surface area contributed by atoms with Gasteiger partial charge in [-0.05, 0) is 71.3 Å². The molecule has 4 aromatic rings. The van der Waals surface area contributed by atoms with E-state index < -0.39 is 17.8 Å². The minimum absolute atomic E-state index is 0.201. The molecule has 1 heterocycles. The second kappa shape index (κ2) is 12.4. The Morgan fingerprint density at radius 1 is 0.780 bits per heavy atom. The molecule has 0 aromatic heterocycles. The van der Waals surface area contributed by atoms with Crippen LogP contribution in [0.25, 0.3) is 6.08 Å². The molecule has 5 rings (SSSR count). The van der Waals surface area contributed by atoms with Gasteiger partial charge in [-0.1, -0.05) is 60.1 Å². The zero-order valence-electron chi connectivity index (χ0n) is 22.0. The highest BCUT2D eigenvalue weighted by Crippen LogP contribution is 2.31. The van der Waals surface area contributed by atoms with E-state index >= 15 is 0 Å². The van der Waals surface area contributed by atoms with Crippen LogP contribution >= 0.6 is 11.6 Å². The number of ether oxygens (including phenoxy) is 3. The van der Waals surface area contributed by atoms with Crippen LogP contribution in [0, 0.1) is 0 Å². The largest absolute Gasteiger partial charge is 0.493 e. The van der Waals surface area contributed by atoms with Gasteiger partial charge in [-0.3, -0.25) is 14.9 Å². The number of methoxy groups -OCH3 is 1. The first-order valence-electron chi connectivity index (χ1n) is 12.6. The van der Waals surface area contributed by atoms with E-state index in [1.54, 1.807) is 54.6 Å². The van der Waals surface area contributed by atoms with E-state index in [0.29, 0.717) is 41.0 Å². The number of nitrogens with zero attached hydrogens (tertiary/aromatic N) is 1. The molecule has 0 atom stereocenters. The predicted molar refractivity (Wildman–Crippen MR) is 155 cm³/mol. The smallest absolute Gasteiger partial charge is 0.335 e. The second-order valence-electron chi connectivity index (χ2n) is 9.05. The summed E-state index contributed by atoms with van der Waals surface area (Å²) in [4.78, 5) is 39.5. The number of hydrogen-bond acceptors (Lipinski definition) is 6. The van der Waals surface area contributed by atoms with Gasteiger partial charge in [-0.2, -0.15) is 0 Å². The lowest BCUT2D eigenvalue weighted by atomic mass is 10.1. The van der Waals surface area contributed by atoms with Crippen LogP contribution in [0.2, 0.25) is 5.02 Å². The SMILES string of the molecule is COc1cc(/C=C2\C(=O)NC(=O)N(c3ccc(OCc4ccc(Cl)cc4)cc3)C2=O)ccc1OCc1ccccc1. The molecule has 0 saturated carbocycles. The Hall–Kier alpha value is -5.08. The summed E-state index contributed by atoms with van der Waals surface area (Å²) in [7, 11) is 1.50. The number of amides is 4. The average molecular weight is 569 g/mol. The van der Waals surface area contributed by atoms with Gasteiger partial charge in [0.05, 0.1) is 12.8 Å². The van der Waals surface area contributed by atoms with Crippen LogP contribution < -0.4 is 24.4 Å². The zero-order chi connectivity index (χ0) is 28.8. The van der Waals surface area contributed by atoms with Gasteiger partial charge in [-0.25, -0.2) is 9.69 Å². The number of carbonyl (C=O) groups is 3. The number of rotatable bonds is 9. The molecule has 1 saturated heterocycles. The maximum atomic E-state index is 13.3. The average Bonchev–Trinajstić information content (AvgIpc) is 2.99. The van der Waals surface area contributed by atoms with Gasteiger partial charge in [0.2, 0.25) is 0 Å². The third-order valence-electron chi connectivity index (χ3n) is 6.25. The standard InChI is InChI=1S/C32H25ClN2O6/c1-39-29-18-23(9-16-28(29)41-20-21-5-3-2-4-6-21)17-27-30(36)34-32(38)35(31(27)37)25-12-14-26(15-13-25)40-19-22-7-10-24(33)11-8-22/h2-18H,19-20H2,1H3,(H,34,36,38)/b27-17+. The first kappa shape index (κ1) is 27.5. The van der Waals surface area contributed by atoms with Crippen LogP contribution in [0.3, 0.4) is 0 Å². The maximum Gasteiger partial charge on any atom is 0.335 e. The number of hydrogen-bond donors (Lipinski definition) is 1. The lowest BCUT2D eigenvalue weighted by molar-refractivity contribution is -0.122. The molecule has 1 fully saturated rings.